The van der Waals surface area contributed by atoms with E-state index < -0.39 is 29.4 Å². The van der Waals surface area contributed by atoms with Crippen LogP contribution in [0.15, 0.2) is 30.5 Å². The highest BCUT2D eigenvalue weighted by atomic mass is 19.4. The number of primary amides is 1. The SMILES string of the molecule is C#Cc1cccc(-n2cc(C(F)(F)F)c(C(N)=O)n2)c1.CN1CCC(O)C1=O. The van der Waals surface area contributed by atoms with Gasteiger partial charge in [-0.05, 0) is 24.6 Å². The summed E-state index contributed by atoms with van der Waals surface area (Å²) in [6.45, 7) is 0.694. The third kappa shape index (κ3) is 4.69. The maximum atomic E-state index is 12.8. The molecule has 1 atom stereocenters. The molecule has 0 bridgehead atoms. The smallest absolute Gasteiger partial charge is 0.383 e. The molecule has 1 fully saturated rings. The number of terminal acetylenes is 1. The van der Waals surface area contributed by atoms with Crippen molar-refractivity contribution in [3.63, 3.8) is 0 Å². The van der Waals surface area contributed by atoms with E-state index in [0.29, 0.717) is 30.4 Å². The van der Waals surface area contributed by atoms with Gasteiger partial charge in [0.1, 0.15) is 11.7 Å². The second-order valence-corrected chi connectivity index (χ2v) is 5.96. The van der Waals surface area contributed by atoms with Gasteiger partial charge in [-0.1, -0.05) is 12.0 Å². The van der Waals surface area contributed by atoms with Gasteiger partial charge < -0.3 is 15.7 Å². The second-order valence-electron chi connectivity index (χ2n) is 5.96. The van der Waals surface area contributed by atoms with Gasteiger partial charge in [0.05, 0.1) is 5.69 Å². The van der Waals surface area contributed by atoms with Crippen molar-refractivity contribution in [2.75, 3.05) is 13.6 Å². The lowest BCUT2D eigenvalue weighted by atomic mass is 10.2. The van der Waals surface area contributed by atoms with E-state index >= 15 is 0 Å². The van der Waals surface area contributed by atoms with Crippen molar-refractivity contribution in [1.82, 2.24) is 14.7 Å². The van der Waals surface area contributed by atoms with Crippen LogP contribution in [0.25, 0.3) is 5.69 Å². The zero-order chi connectivity index (χ0) is 21.1. The van der Waals surface area contributed by atoms with E-state index in [1.807, 2.05) is 0 Å². The topological polar surface area (TPSA) is 101 Å². The number of amides is 2. The maximum absolute atomic E-state index is 12.8. The number of carbonyl (C=O) groups is 2. The molecule has 0 aliphatic carbocycles. The van der Waals surface area contributed by atoms with Crippen LogP contribution in [-0.4, -0.2) is 51.3 Å². The van der Waals surface area contributed by atoms with Gasteiger partial charge in [0.25, 0.3) is 11.8 Å². The molecule has 1 aliphatic rings. The maximum Gasteiger partial charge on any atom is 0.420 e. The van der Waals surface area contributed by atoms with Crippen molar-refractivity contribution in [3.05, 3.63) is 47.3 Å². The van der Waals surface area contributed by atoms with E-state index in [4.69, 9.17) is 17.3 Å². The van der Waals surface area contributed by atoms with Gasteiger partial charge in [-0.2, -0.15) is 18.3 Å². The van der Waals surface area contributed by atoms with Crippen LogP contribution in [0.1, 0.15) is 28.0 Å². The number of hydrogen-bond donors (Lipinski definition) is 2. The van der Waals surface area contributed by atoms with Crippen molar-refractivity contribution >= 4 is 11.8 Å². The number of aliphatic hydroxyl groups excluding tert-OH is 1. The Morgan fingerprint density at radius 3 is 2.50 bits per heavy atom. The summed E-state index contributed by atoms with van der Waals surface area (Å²) in [5.74, 6) is 0.962. The first-order chi connectivity index (χ1) is 13.0. The molecule has 1 unspecified atom stereocenters. The molecular weight excluding hydrogens is 377 g/mol. The first-order valence-electron chi connectivity index (χ1n) is 8.01. The number of alkyl halides is 3. The number of rotatable bonds is 2. The van der Waals surface area contributed by atoms with Crippen molar-refractivity contribution in [1.29, 1.82) is 0 Å². The minimum Gasteiger partial charge on any atom is -0.383 e. The molecule has 2 aromatic rings. The van der Waals surface area contributed by atoms with Crippen molar-refractivity contribution in [2.24, 2.45) is 5.73 Å². The highest BCUT2D eigenvalue weighted by molar-refractivity contribution is 5.92. The van der Waals surface area contributed by atoms with Gasteiger partial charge in [-0.15, -0.1) is 6.42 Å². The van der Waals surface area contributed by atoms with Crippen LogP contribution in [0.3, 0.4) is 0 Å². The van der Waals surface area contributed by atoms with E-state index in [-0.39, 0.29) is 5.91 Å². The molecule has 0 saturated carbocycles. The van der Waals surface area contributed by atoms with E-state index in [2.05, 4.69) is 11.0 Å². The largest absolute Gasteiger partial charge is 0.420 e. The lowest BCUT2D eigenvalue weighted by molar-refractivity contribution is -0.138. The molecule has 10 heteroatoms. The van der Waals surface area contributed by atoms with Gasteiger partial charge in [0, 0.05) is 25.4 Å². The summed E-state index contributed by atoms with van der Waals surface area (Å²) in [6, 6.07) is 6.17. The number of nitrogens with two attached hydrogens (primary N) is 1. The number of hydrogen-bond acceptors (Lipinski definition) is 4. The second kappa shape index (κ2) is 8.14. The minimum atomic E-state index is -4.72. The molecule has 0 radical (unpaired) electrons. The quantitative estimate of drug-likeness (QED) is 0.747. The fraction of sp³-hybridized carbons (Fsp3) is 0.278. The predicted molar refractivity (Wildman–Crippen MR) is 93.3 cm³/mol. The first kappa shape index (κ1) is 21.0. The highest BCUT2D eigenvalue weighted by Crippen LogP contribution is 2.32. The standard InChI is InChI=1S/C13H8F3N3O.C5H9NO2/c1-2-8-4-3-5-9(6-8)19-7-10(13(14,15)16)11(18-19)12(17)20;1-6-3-2-4(7)5(6)8/h1,3-7H,(H2,17,20);4,7H,2-3H2,1H3. The van der Waals surface area contributed by atoms with Crippen molar-refractivity contribution in [3.8, 4) is 18.0 Å². The Kier molecular flexibility index (Phi) is 6.10. The van der Waals surface area contributed by atoms with E-state index in [0.717, 1.165) is 4.68 Å². The Morgan fingerprint density at radius 2 is 2.11 bits per heavy atom. The average molecular weight is 394 g/mol. The Morgan fingerprint density at radius 1 is 1.43 bits per heavy atom. The number of likely N-dealkylation sites (N-methyl/N-ethyl adjacent to an activating group) is 1. The summed E-state index contributed by atoms with van der Waals surface area (Å²) in [6.07, 6.45) is 1.07. The Balaban J connectivity index is 0.000000292. The molecule has 3 rings (SSSR count). The number of halogens is 3. The van der Waals surface area contributed by atoms with Crippen LogP contribution < -0.4 is 5.73 Å². The molecule has 2 heterocycles. The van der Waals surface area contributed by atoms with Gasteiger partial charge in [0.15, 0.2) is 5.69 Å². The first-order valence-corrected chi connectivity index (χ1v) is 8.01. The van der Waals surface area contributed by atoms with E-state index in [9.17, 15) is 22.8 Å². The Bertz CT molecular complexity index is 919. The third-order valence-electron chi connectivity index (χ3n) is 3.93. The normalized spacial score (nSPS) is 16.4. The molecule has 1 aromatic carbocycles. The predicted octanol–water partition coefficient (Wildman–Crippen LogP) is 1.18. The molecule has 0 spiro atoms. The van der Waals surface area contributed by atoms with Crippen LogP contribution in [-0.2, 0) is 11.0 Å². The summed E-state index contributed by atoms with van der Waals surface area (Å²) in [5, 5.41) is 12.4. The zero-order valence-corrected chi connectivity index (χ0v) is 14.8. The number of nitrogens with zero attached hydrogens (tertiary/aromatic N) is 3. The number of carbonyl (C=O) groups excluding carboxylic acids is 2. The fourth-order valence-electron chi connectivity index (χ4n) is 2.44. The number of aliphatic hydroxyl groups is 1. The molecule has 3 N–H and O–H groups in total. The summed E-state index contributed by atoms with van der Waals surface area (Å²) >= 11 is 0. The summed E-state index contributed by atoms with van der Waals surface area (Å²) < 4.78 is 39.3. The summed E-state index contributed by atoms with van der Waals surface area (Å²) in [5.41, 5.74) is 3.68. The molecule has 2 amide bonds. The summed E-state index contributed by atoms with van der Waals surface area (Å²) in [7, 11) is 1.69. The van der Waals surface area contributed by atoms with Crippen LogP contribution >= 0.6 is 0 Å². The molecule has 28 heavy (non-hydrogen) atoms. The van der Waals surface area contributed by atoms with Crippen molar-refractivity contribution < 1.29 is 27.9 Å². The Hall–Kier alpha value is -3.32. The number of likely N-dealkylation sites (tertiary alicyclic amines) is 1. The monoisotopic (exact) mass is 394 g/mol. The molecule has 1 saturated heterocycles. The molecule has 148 valence electrons. The van der Waals surface area contributed by atoms with Crippen LogP contribution in [0.5, 0.6) is 0 Å². The van der Waals surface area contributed by atoms with Crippen LogP contribution in [0.4, 0.5) is 13.2 Å². The van der Waals surface area contributed by atoms with Crippen LogP contribution in [0, 0.1) is 12.3 Å². The molecule has 7 nitrogen and oxygen atoms in total. The minimum absolute atomic E-state index is 0.148. The lowest BCUT2D eigenvalue weighted by Gasteiger charge is -2.04. The van der Waals surface area contributed by atoms with Crippen molar-refractivity contribution in [2.45, 2.75) is 18.7 Å². The van der Waals surface area contributed by atoms with Gasteiger partial charge in [-0.3, -0.25) is 9.59 Å². The number of aromatic nitrogens is 2. The van der Waals surface area contributed by atoms with Gasteiger partial charge in [0.2, 0.25) is 0 Å². The Labute approximate surface area is 158 Å². The summed E-state index contributed by atoms with van der Waals surface area (Å²) in [4.78, 5) is 23.2. The molecule has 1 aliphatic heterocycles. The van der Waals surface area contributed by atoms with Gasteiger partial charge in [-0.25, -0.2) is 4.68 Å². The molecular formula is C18H17F3N4O3. The van der Waals surface area contributed by atoms with Gasteiger partial charge >= 0.3 is 6.18 Å². The average Bonchev–Trinajstić information content (AvgIpc) is 3.22. The molecule has 1 aromatic heterocycles. The lowest BCUT2D eigenvalue weighted by Crippen LogP contribution is -2.24. The zero-order valence-electron chi connectivity index (χ0n) is 14.8. The highest BCUT2D eigenvalue weighted by Gasteiger charge is 2.37. The van der Waals surface area contributed by atoms with E-state index in [1.54, 1.807) is 19.2 Å². The third-order valence-corrected chi connectivity index (χ3v) is 3.93. The van der Waals surface area contributed by atoms with E-state index in [1.165, 1.54) is 17.0 Å². The number of benzene rings is 1. The fourth-order valence-corrected chi connectivity index (χ4v) is 2.44. The van der Waals surface area contributed by atoms with Crippen LogP contribution in [0.2, 0.25) is 0 Å².